The Morgan fingerprint density at radius 2 is 1.83 bits per heavy atom. The number of carbonyl (C=O) groups is 1. The second-order valence-corrected chi connectivity index (χ2v) is 4.07. The molecule has 0 bridgehead atoms. The number of hydrogen-bond acceptors (Lipinski definition) is 3. The van der Waals surface area contributed by atoms with E-state index in [2.05, 4.69) is 4.98 Å². The number of hydrogen-bond donors (Lipinski definition) is 0. The number of rotatable bonds is 3. The van der Waals surface area contributed by atoms with Gasteiger partial charge in [-0.05, 0) is 19.1 Å². The van der Waals surface area contributed by atoms with Crippen molar-refractivity contribution in [3.05, 3.63) is 54.2 Å². The maximum absolute atomic E-state index is 10.9. The average Bonchev–Trinajstić information content (AvgIpc) is 2.39. The summed E-state index contributed by atoms with van der Waals surface area (Å²) in [5.41, 5.74) is 2.69. The molecular formula is C15H15NO2. The second-order valence-electron chi connectivity index (χ2n) is 4.07. The molecule has 3 heteroatoms. The molecule has 0 aliphatic carbocycles. The predicted molar refractivity (Wildman–Crippen MR) is 69.9 cm³/mol. The summed E-state index contributed by atoms with van der Waals surface area (Å²) >= 11 is 0. The Bertz CT molecular complexity index is 537. The van der Waals surface area contributed by atoms with Gasteiger partial charge in [0.1, 0.15) is 6.10 Å². The average molecular weight is 241 g/mol. The topological polar surface area (TPSA) is 39.2 Å². The van der Waals surface area contributed by atoms with Crippen molar-refractivity contribution in [1.29, 1.82) is 0 Å². The van der Waals surface area contributed by atoms with E-state index in [0.717, 1.165) is 17.0 Å². The Kier molecular flexibility index (Phi) is 3.72. The zero-order chi connectivity index (χ0) is 13.0. The third-order valence-corrected chi connectivity index (χ3v) is 2.60. The predicted octanol–water partition coefficient (Wildman–Crippen LogP) is 3.37. The highest BCUT2D eigenvalue weighted by atomic mass is 16.5. The highest BCUT2D eigenvalue weighted by molar-refractivity contribution is 5.66. The van der Waals surface area contributed by atoms with E-state index in [1.165, 1.54) is 6.92 Å². The largest absolute Gasteiger partial charge is 0.456 e. The van der Waals surface area contributed by atoms with Crippen LogP contribution in [0.4, 0.5) is 0 Å². The molecule has 2 rings (SSSR count). The first-order chi connectivity index (χ1) is 8.66. The van der Waals surface area contributed by atoms with Gasteiger partial charge in [0, 0.05) is 12.5 Å². The van der Waals surface area contributed by atoms with E-state index in [0.29, 0.717) is 0 Å². The first-order valence-electron chi connectivity index (χ1n) is 5.86. The Hall–Kier alpha value is -2.16. The van der Waals surface area contributed by atoms with Gasteiger partial charge in [-0.25, -0.2) is 4.98 Å². The lowest BCUT2D eigenvalue weighted by Crippen LogP contribution is -2.06. The first-order valence-corrected chi connectivity index (χ1v) is 5.86. The highest BCUT2D eigenvalue weighted by Crippen LogP contribution is 2.20. The third-order valence-electron chi connectivity index (χ3n) is 2.60. The van der Waals surface area contributed by atoms with Gasteiger partial charge in [0.25, 0.3) is 0 Å². The van der Waals surface area contributed by atoms with Gasteiger partial charge in [-0.3, -0.25) is 4.79 Å². The van der Waals surface area contributed by atoms with Gasteiger partial charge in [-0.1, -0.05) is 36.4 Å². The quantitative estimate of drug-likeness (QED) is 0.773. The monoisotopic (exact) mass is 241 g/mol. The molecule has 1 aromatic carbocycles. The molecule has 1 heterocycles. The molecule has 0 fully saturated rings. The van der Waals surface area contributed by atoms with Gasteiger partial charge >= 0.3 is 5.97 Å². The molecule has 2 aromatic rings. The van der Waals surface area contributed by atoms with Gasteiger partial charge in [0.15, 0.2) is 0 Å². The maximum atomic E-state index is 10.9. The molecule has 0 N–H and O–H groups in total. The fourth-order valence-corrected chi connectivity index (χ4v) is 1.76. The molecule has 0 aliphatic heterocycles. The van der Waals surface area contributed by atoms with Crippen LogP contribution in [-0.4, -0.2) is 11.0 Å². The van der Waals surface area contributed by atoms with Gasteiger partial charge in [-0.15, -0.1) is 0 Å². The van der Waals surface area contributed by atoms with Crippen LogP contribution in [0.5, 0.6) is 0 Å². The van der Waals surface area contributed by atoms with Crippen molar-refractivity contribution in [2.75, 3.05) is 0 Å². The van der Waals surface area contributed by atoms with Crippen LogP contribution >= 0.6 is 0 Å². The van der Waals surface area contributed by atoms with E-state index in [4.69, 9.17) is 4.74 Å². The SMILES string of the molecule is CC(=O)O[C@H](C)c1cccc(-c2ccccc2)n1. The number of esters is 1. The first kappa shape index (κ1) is 12.3. The minimum Gasteiger partial charge on any atom is -0.456 e. The van der Waals surface area contributed by atoms with E-state index in [1.807, 2.05) is 55.5 Å². The molecule has 0 unspecified atom stereocenters. The van der Waals surface area contributed by atoms with Crippen LogP contribution in [0.1, 0.15) is 25.6 Å². The normalized spacial score (nSPS) is 11.9. The number of benzene rings is 1. The molecule has 0 aliphatic rings. The minimum atomic E-state index is -0.328. The third kappa shape index (κ3) is 2.94. The molecule has 18 heavy (non-hydrogen) atoms. The van der Waals surface area contributed by atoms with Crippen molar-refractivity contribution in [2.45, 2.75) is 20.0 Å². The molecule has 0 saturated heterocycles. The van der Waals surface area contributed by atoms with Crippen LogP contribution in [0.3, 0.4) is 0 Å². The van der Waals surface area contributed by atoms with Crippen molar-refractivity contribution in [3.63, 3.8) is 0 Å². The van der Waals surface area contributed by atoms with E-state index in [1.54, 1.807) is 0 Å². The van der Waals surface area contributed by atoms with Crippen molar-refractivity contribution in [3.8, 4) is 11.3 Å². The summed E-state index contributed by atoms with van der Waals surface area (Å²) in [6.07, 6.45) is -0.328. The fourth-order valence-electron chi connectivity index (χ4n) is 1.76. The Balaban J connectivity index is 2.28. The van der Waals surface area contributed by atoms with Gasteiger partial charge in [-0.2, -0.15) is 0 Å². The van der Waals surface area contributed by atoms with Gasteiger partial charge < -0.3 is 4.74 Å². The lowest BCUT2D eigenvalue weighted by molar-refractivity contribution is -0.145. The smallest absolute Gasteiger partial charge is 0.303 e. The van der Waals surface area contributed by atoms with E-state index >= 15 is 0 Å². The molecule has 0 saturated carbocycles. The van der Waals surface area contributed by atoms with Gasteiger partial charge in [0.05, 0.1) is 11.4 Å². The van der Waals surface area contributed by atoms with Crippen molar-refractivity contribution < 1.29 is 9.53 Å². The Morgan fingerprint density at radius 1 is 1.11 bits per heavy atom. The van der Waals surface area contributed by atoms with E-state index < -0.39 is 0 Å². The van der Waals surface area contributed by atoms with Crippen LogP contribution < -0.4 is 0 Å². The molecule has 92 valence electrons. The zero-order valence-electron chi connectivity index (χ0n) is 10.5. The summed E-state index contributed by atoms with van der Waals surface area (Å²) in [5, 5.41) is 0. The summed E-state index contributed by atoms with van der Waals surface area (Å²) in [6.45, 7) is 3.22. The molecule has 3 nitrogen and oxygen atoms in total. The maximum Gasteiger partial charge on any atom is 0.303 e. The van der Waals surface area contributed by atoms with Crippen LogP contribution in [-0.2, 0) is 9.53 Å². The molecule has 0 spiro atoms. The van der Waals surface area contributed by atoms with Crippen LogP contribution in [0, 0.1) is 0 Å². The lowest BCUT2D eigenvalue weighted by Gasteiger charge is -2.12. The number of carbonyl (C=O) groups excluding carboxylic acids is 1. The second kappa shape index (κ2) is 5.45. The molecule has 0 amide bonds. The summed E-state index contributed by atoms with van der Waals surface area (Å²) in [5.74, 6) is -0.297. The van der Waals surface area contributed by atoms with Crippen LogP contribution in [0.15, 0.2) is 48.5 Å². The van der Waals surface area contributed by atoms with Gasteiger partial charge in [0.2, 0.25) is 0 Å². The molecule has 0 radical (unpaired) electrons. The summed E-state index contributed by atoms with van der Waals surface area (Å²) in [6, 6.07) is 15.6. The van der Waals surface area contributed by atoms with Crippen molar-refractivity contribution in [2.24, 2.45) is 0 Å². The molecule has 1 atom stereocenters. The standard InChI is InChI=1S/C15H15NO2/c1-11(18-12(2)17)14-9-6-10-15(16-14)13-7-4-3-5-8-13/h3-11H,1-2H3/t11-/m1/s1. The van der Waals surface area contributed by atoms with Crippen molar-refractivity contribution in [1.82, 2.24) is 4.98 Å². The van der Waals surface area contributed by atoms with E-state index in [-0.39, 0.29) is 12.1 Å². The zero-order valence-corrected chi connectivity index (χ0v) is 10.5. The summed E-state index contributed by atoms with van der Waals surface area (Å²) in [4.78, 5) is 15.5. The van der Waals surface area contributed by atoms with Crippen LogP contribution in [0.25, 0.3) is 11.3 Å². The Labute approximate surface area is 106 Å². The van der Waals surface area contributed by atoms with E-state index in [9.17, 15) is 4.79 Å². The number of ether oxygens (including phenoxy) is 1. The molecule has 1 aromatic heterocycles. The number of aromatic nitrogens is 1. The summed E-state index contributed by atoms with van der Waals surface area (Å²) in [7, 11) is 0. The van der Waals surface area contributed by atoms with Crippen LogP contribution in [0.2, 0.25) is 0 Å². The minimum absolute atomic E-state index is 0.297. The number of pyridine rings is 1. The molecular weight excluding hydrogens is 226 g/mol. The Morgan fingerprint density at radius 3 is 2.50 bits per heavy atom. The van der Waals surface area contributed by atoms with Crippen molar-refractivity contribution >= 4 is 5.97 Å². The lowest BCUT2D eigenvalue weighted by atomic mass is 10.1. The fraction of sp³-hybridized carbons (Fsp3) is 0.200. The number of nitrogens with zero attached hydrogens (tertiary/aromatic N) is 1. The summed E-state index contributed by atoms with van der Waals surface area (Å²) < 4.78 is 5.13. The highest BCUT2D eigenvalue weighted by Gasteiger charge is 2.10.